The molecular weight excluding hydrogens is 131 g/mol. The minimum absolute atomic E-state index is 0.0984. The summed E-state index contributed by atoms with van der Waals surface area (Å²) in [6, 6.07) is 0. The van der Waals surface area contributed by atoms with E-state index in [1.54, 1.807) is 0 Å². The molecule has 0 heterocycles. The molecule has 1 unspecified atom stereocenters. The van der Waals surface area contributed by atoms with Crippen molar-refractivity contribution in [2.24, 2.45) is 0 Å². The molecule has 0 saturated carbocycles. The van der Waals surface area contributed by atoms with Crippen molar-refractivity contribution in [3.63, 3.8) is 0 Å². The first-order chi connectivity index (χ1) is 3.77. The van der Waals surface area contributed by atoms with Gasteiger partial charge in [0.2, 0.25) is 0 Å². The zero-order valence-corrected chi connectivity index (χ0v) is 5.28. The quantitative estimate of drug-likeness (QED) is 0.331. The maximum absolute atomic E-state index is 11.8. The van der Waals surface area contributed by atoms with Gasteiger partial charge in [-0.05, 0) is 6.92 Å². The highest BCUT2D eigenvalue weighted by Gasteiger charge is 1.95. The maximum Gasteiger partial charge on any atom is 0.293 e. The van der Waals surface area contributed by atoms with E-state index in [1.165, 1.54) is 6.92 Å². The molecule has 0 saturated heterocycles. The maximum atomic E-state index is 11.8. The number of carbonyl (C=O) groups excluding carboxylic acids is 1. The van der Waals surface area contributed by atoms with Crippen LogP contribution in [0.1, 0.15) is 6.92 Å². The Labute approximate surface area is 51.4 Å². The smallest absolute Gasteiger partial charge is 0.293 e. The Balaban J connectivity index is 2.81. The van der Waals surface area contributed by atoms with Crippen molar-refractivity contribution in [3.05, 3.63) is 0 Å². The first-order valence-electron chi connectivity index (χ1n) is 2.08. The Hall–Kier alpha value is -0.250. The van der Waals surface area contributed by atoms with Gasteiger partial charge in [-0.3, -0.25) is 4.79 Å². The molecule has 0 aromatic heterocycles. The Bertz CT molecular complexity index is 67.1. The number of alkyl halides is 1. The number of hydrogen-bond acceptors (Lipinski definition) is 3. The van der Waals surface area contributed by atoms with E-state index in [2.05, 4.69) is 4.74 Å². The molecule has 0 bridgehead atoms. The van der Waals surface area contributed by atoms with E-state index in [4.69, 9.17) is 0 Å². The molecule has 0 aliphatic rings. The standard InChI is InChI=1S/C4H7FO2S/c1-4(5)8-3-7-2-6/h2,4H,3H2,1H3. The van der Waals surface area contributed by atoms with E-state index < -0.39 is 5.50 Å². The van der Waals surface area contributed by atoms with Gasteiger partial charge in [0.05, 0.1) is 0 Å². The Morgan fingerprint density at radius 1 is 2.00 bits per heavy atom. The van der Waals surface area contributed by atoms with Crippen LogP contribution in [0.2, 0.25) is 0 Å². The lowest BCUT2D eigenvalue weighted by Gasteiger charge is -1.97. The normalized spacial score (nSPS) is 12.8. The van der Waals surface area contributed by atoms with Crippen LogP contribution in [0.5, 0.6) is 0 Å². The van der Waals surface area contributed by atoms with Crippen LogP contribution in [0.3, 0.4) is 0 Å². The monoisotopic (exact) mass is 138 g/mol. The second-order valence-electron chi connectivity index (χ2n) is 1.09. The van der Waals surface area contributed by atoms with Crippen molar-refractivity contribution < 1.29 is 13.9 Å². The van der Waals surface area contributed by atoms with E-state index in [-0.39, 0.29) is 5.94 Å². The molecule has 0 fully saturated rings. The zero-order chi connectivity index (χ0) is 6.41. The molecular formula is C4H7FO2S. The number of carbonyl (C=O) groups is 1. The summed E-state index contributed by atoms with van der Waals surface area (Å²) in [5, 5.41) is 0. The molecule has 0 aliphatic heterocycles. The van der Waals surface area contributed by atoms with E-state index >= 15 is 0 Å². The van der Waals surface area contributed by atoms with Crippen LogP contribution in [0.25, 0.3) is 0 Å². The Morgan fingerprint density at radius 3 is 3.00 bits per heavy atom. The Morgan fingerprint density at radius 2 is 2.62 bits per heavy atom. The van der Waals surface area contributed by atoms with Gasteiger partial charge in [0.1, 0.15) is 11.4 Å². The number of halogens is 1. The van der Waals surface area contributed by atoms with Gasteiger partial charge < -0.3 is 4.74 Å². The largest absolute Gasteiger partial charge is 0.457 e. The van der Waals surface area contributed by atoms with Gasteiger partial charge in [0.15, 0.2) is 0 Å². The van der Waals surface area contributed by atoms with Crippen LogP contribution in [0, 0.1) is 0 Å². The first-order valence-corrected chi connectivity index (χ1v) is 3.13. The van der Waals surface area contributed by atoms with E-state index in [0.29, 0.717) is 6.47 Å². The first kappa shape index (κ1) is 7.75. The number of ether oxygens (including phenoxy) is 1. The third kappa shape index (κ3) is 5.75. The molecule has 0 aromatic carbocycles. The predicted molar refractivity (Wildman–Crippen MR) is 30.2 cm³/mol. The van der Waals surface area contributed by atoms with Gasteiger partial charge in [0.25, 0.3) is 6.47 Å². The van der Waals surface area contributed by atoms with Gasteiger partial charge in [-0.25, -0.2) is 4.39 Å². The second kappa shape index (κ2) is 4.90. The summed E-state index contributed by atoms with van der Waals surface area (Å²) in [5.74, 6) is 0.0984. The van der Waals surface area contributed by atoms with E-state index in [9.17, 15) is 9.18 Å². The van der Waals surface area contributed by atoms with E-state index in [0.717, 1.165) is 11.8 Å². The van der Waals surface area contributed by atoms with Gasteiger partial charge in [-0.15, -0.1) is 0 Å². The molecule has 1 atom stereocenters. The van der Waals surface area contributed by atoms with Crippen molar-refractivity contribution in [1.29, 1.82) is 0 Å². The Kier molecular flexibility index (Phi) is 4.75. The lowest BCUT2D eigenvalue weighted by atomic mass is 10.9. The van der Waals surface area contributed by atoms with Gasteiger partial charge in [-0.1, -0.05) is 11.8 Å². The third-order valence-electron chi connectivity index (χ3n) is 0.434. The molecule has 0 rings (SSSR count). The molecule has 0 amide bonds. The summed E-state index contributed by atoms with van der Waals surface area (Å²) >= 11 is 0.936. The molecule has 0 N–H and O–H groups in total. The molecule has 0 spiro atoms. The minimum atomic E-state index is -0.963. The van der Waals surface area contributed by atoms with Crippen LogP contribution in [0.4, 0.5) is 4.39 Å². The molecule has 0 radical (unpaired) electrons. The average Bonchev–Trinajstić information content (AvgIpc) is 1.66. The highest BCUT2D eigenvalue weighted by atomic mass is 32.2. The molecule has 0 aliphatic carbocycles. The fourth-order valence-electron chi connectivity index (χ4n) is 0.161. The van der Waals surface area contributed by atoms with Gasteiger partial charge in [-0.2, -0.15) is 0 Å². The summed E-state index contributed by atoms with van der Waals surface area (Å²) in [5.41, 5.74) is -0.963. The summed E-state index contributed by atoms with van der Waals surface area (Å²) < 4.78 is 16.0. The van der Waals surface area contributed by atoms with Gasteiger partial charge >= 0.3 is 0 Å². The fourth-order valence-corrected chi connectivity index (χ4v) is 0.482. The van der Waals surface area contributed by atoms with Crippen molar-refractivity contribution in [1.82, 2.24) is 0 Å². The minimum Gasteiger partial charge on any atom is -0.457 e. The molecule has 8 heavy (non-hydrogen) atoms. The predicted octanol–water partition coefficient (Wildman–Crippen LogP) is 1.17. The average molecular weight is 138 g/mol. The second-order valence-corrected chi connectivity index (χ2v) is 2.31. The molecule has 0 aromatic rings. The summed E-state index contributed by atoms with van der Waals surface area (Å²) in [7, 11) is 0. The SMILES string of the molecule is CC(F)SCOC=O. The van der Waals surface area contributed by atoms with Crippen LogP contribution < -0.4 is 0 Å². The van der Waals surface area contributed by atoms with Crippen molar-refractivity contribution in [2.75, 3.05) is 5.94 Å². The highest BCUT2D eigenvalue weighted by molar-refractivity contribution is 7.99. The number of thioether (sulfide) groups is 1. The molecule has 48 valence electrons. The summed E-state index contributed by atoms with van der Waals surface area (Å²) in [4.78, 5) is 9.43. The van der Waals surface area contributed by atoms with Crippen LogP contribution in [0.15, 0.2) is 0 Å². The van der Waals surface area contributed by atoms with E-state index in [1.807, 2.05) is 0 Å². The van der Waals surface area contributed by atoms with Crippen LogP contribution in [-0.4, -0.2) is 17.9 Å². The van der Waals surface area contributed by atoms with Crippen molar-refractivity contribution >= 4 is 18.2 Å². The fraction of sp³-hybridized carbons (Fsp3) is 0.750. The number of rotatable bonds is 4. The molecule has 4 heteroatoms. The highest BCUT2D eigenvalue weighted by Crippen LogP contribution is 2.09. The van der Waals surface area contributed by atoms with Gasteiger partial charge in [0, 0.05) is 0 Å². The zero-order valence-electron chi connectivity index (χ0n) is 4.46. The summed E-state index contributed by atoms with van der Waals surface area (Å²) in [6.07, 6.45) is 0. The molecule has 2 nitrogen and oxygen atoms in total. The third-order valence-corrected chi connectivity index (χ3v) is 1.17. The lowest BCUT2D eigenvalue weighted by molar-refractivity contribution is -0.126. The van der Waals surface area contributed by atoms with Crippen LogP contribution in [-0.2, 0) is 9.53 Å². The topological polar surface area (TPSA) is 26.3 Å². The lowest BCUT2D eigenvalue weighted by Crippen LogP contribution is -1.90. The number of hydrogen-bond donors (Lipinski definition) is 0. The van der Waals surface area contributed by atoms with Crippen LogP contribution >= 0.6 is 11.8 Å². The summed E-state index contributed by atoms with van der Waals surface area (Å²) in [6.45, 7) is 1.69. The van der Waals surface area contributed by atoms with Crippen molar-refractivity contribution in [3.8, 4) is 0 Å². The van der Waals surface area contributed by atoms with Crippen molar-refractivity contribution in [2.45, 2.75) is 12.4 Å².